The highest BCUT2D eigenvalue weighted by Gasteiger charge is 2.34. The number of anilines is 1. The molecule has 11 heteroatoms. The fraction of sp³-hybridized carbons (Fsp3) is 0.276. The number of ether oxygens (including phenoxy) is 1. The summed E-state index contributed by atoms with van der Waals surface area (Å²) in [6.45, 7) is 2.53. The molecular weight excluding hydrogens is 535 g/mol. The predicted molar refractivity (Wildman–Crippen MR) is 148 cm³/mol. The molecule has 2 amide bonds. The number of amides is 2. The van der Waals surface area contributed by atoms with Gasteiger partial charge in [0.15, 0.2) is 0 Å². The maximum Gasteiger partial charge on any atom is 0.251 e. The van der Waals surface area contributed by atoms with E-state index < -0.39 is 23.7 Å². The molecule has 0 unspecified atom stereocenters. The predicted octanol–water partition coefficient (Wildman–Crippen LogP) is 4.51. The van der Waals surface area contributed by atoms with Crippen molar-refractivity contribution in [3.05, 3.63) is 94.8 Å². The Morgan fingerprint density at radius 2 is 1.88 bits per heavy atom. The summed E-state index contributed by atoms with van der Waals surface area (Å²) in [6.07, 6.45) is 1.68. The standard InChI is InChI=1S/C29H28ClFN6O3/c1-19-5-2-3-7-25(19)37(26(38)18-36-34-28(33-35-36)21-8-12-22(30)13-9-21)27(20-10-14-23(31)15-11-20)29(39)32-17-24-6-4-16-40-24/h2-3,5,7-15,24,27H,4,6,16-18H2,1H3,(H,32,39)/t24-,27-/m0/s1. The van der Waals surface area contributed by atoms with Crippen LogP contribution in [0.3, 0.4) is 0 Å². The number of aryl methyl sites for hydroxylation is 1. The third-order valence-corrected chi connectivity index (χ3v) is 6.95. The molecule has 5 rings (SSSR count). The third-order valence-electron chi connectivity index (χ3n) is 6.70. The largest absolute Gasteiger partial charge is 0.376 e. The number of nitrogens with one attached hydrogen (secondary N) is 1. The van der Waals surface area contributed by atoms with Crippen LogP contribution in [0.1, 0.15) is 30.0 Å². The first-order valence-electron chi connectivity index (χ1n) is 13.0. The maximum absolute atomic E-state index is 14.0. The van der Waals surface area contributed by atoms with Gasteiger partial charge < -0.3 is 10.1 Å². The Kier molecular flexibility index (Phi) is 8.47. The molecule has 2 atom stereocenters. The number of aromatic nitrogens is 4. The van der Waals surface area contributed by atoms with E-state index in [1.54, 1.807) is 36.4 Å². The van der Waals surface area contributed by atoms with Crippen LogP contribution < -0.4 is 10.2 Å². The van der Waals surface area contributed by atoms with E-state index in [1.807, 2.05) is 19.1 Å². The van der Waals surface area contributed by atoms with E-state index in [0.29, 0.717) is 40.8 Å². The van der Waals surface area contributed by atoms with Gasteiger partial charge >= 0.3 is 0 Å². The number of hydrogen-bond acceptors (Lipinski definition) is 6. The minimum absolute atomic E-state index is 0.0916. The van der Waals surface area contributed by atoms with Gasteiger partial charge in [0.1, 0.15) is 18.4 Å². The van der Waals surface area contributed by atoms with Gasteiger partial charge in [-0.1, -0.05) is 41.9 Å². The van der Waals surface area contributed by atoms with E-state index >= 15 is 0 Å². The second-order valence-corrected chi connectivity index (χ2v) is 9.97. The summed E-state index contributed by atoms with van der Waals surface area (Å²) in [4.78, 5) is 30.4. The van der Waals surface area contributed by atoms with Crippen molar-refractivity contribution in [2.24, 2.45) is 0 Å². The lowest BCUT2D eigenvalue weighted by Crippen LogP contribution is -2.47. The van der Waals surface area contributed by atoms with Crippen LogP contribution >= 0.6 is 11.6 Å². The van der Waals surface area contributed by atoms with Crippen molar-refractivity contribution in [1.29, 1.82) is 0 Å². The van der Waals surface area contributed by atoms with Crippen LogP contribution in [-0.4, -0.2) is 51.3 Å². The lowest BCUT2D eigenvalue weighted by molar-refractivity contribution is -0.127. The number of rotatable bonds is 9. The molecule has 9 nitrogen and oxygen atoms in total. The summed E-state index contributed by atoms with van der Waals surface area (Å²) in [7, 11) is 0. The third kappa shape index (κ3) is 6.35. The molecule has 1 N–H and O–H groups in total. The Morgan fingerprint density at radius 1 is 1.12 bits per heavy atom. The topological polar surface area (TPSA) is 102 Å². The van der Waals surface area contributed by atoms with Crippen molar-refractivity contribution < 1.29 is 18.7 Å². The molecule has 0 spiro atoms. The second-order valence-electron chi connectivity index (χ2n) is 9.53. The molecule has 1 aromatic heterocycles. The Morgan fingerprint density at radius 3 is 2.58 bits per heavy atom. The van der Waals surface area contributed by atoms with Crippen molar-refractivity contribution in [1.82, 2.24) is 25.5 Å². The first-order chi connectivity index (χ1) is 19.4. The fourth-order valence-corrected chi connectivity index (χ4v) is 4.78. The van der Waals surface area contributed by atoms with Gasteiger partial charge in [-0.15, -0.1) is 10.2 Å². The van der Waals surface area contributed by atoms with Crippen molar-refractivity contribution in [2.75, 3.05) is 18.1 Å². The average Bonchev–Trinajstić information content (AvgIpc) is 3.65. The Labute approximate surface area is 235 Å². The molecule has 1 saturated heterocycles. The molecule has 3 aromatic carbocycles. The molecule has 2 heterocycles. The van der Waals surface area contributed by atoms with E-state index in [4.69, 9.17) is 16.3 Å². The SMILES string of the molecule is Cc1ccccc1N(C(=O)Cn1nnc(-c2ccc(Cl)cc2)n1)[C@H](C(=O)NC[C@@H]1CCCO1)c1ccc(F)cc1. The Hall–Kier alpha value is -4.15. The zero-order chi connectivity index (χ0) is 28.1. The summed E-state index contributed by atoms with van der Waals surface area (Å²) < 4.78 is 19.5. The van der Waals surface area contributed by atoms with Gasteiger partial charge in [0.25, 0.3) is 5.91 Å². The summed E-state index contributed by atoms with van der Waals surface area (Å²) in [5, 5.41) is 16.0. The lowest BCUT2D eigenvalue weighted by atomic mass is 10.0. The molecule has 0 radical (unpaired) electrons. The van der Waals surface area contributed by atoms with E-state index in [9.17, 15) is 14.0 Å². The van der Waals surface area contributed by atoms with Gasteiger partial charge in [-0.05, 0) is 78.6 Å². The number of carbonyl (C=O) groups is 2. The van der Waals surface area contributed by atoms with Crippen molar-refractivity contribution in [2.45, 2.75) is 38.5 Å². The van der Waals surface area contributed by atoms with Gasteiger partial charge in [-0.3, -0.25) is 14.5 Å². The molecule has 0 saturated carbocycles. The van der Waals surface area contributed by atoms with E-state index in [2.05, 4.69) is 20.7 Å². The van der Waals surface area contributed by atoms with E-state index in [1.165, 1.54) is 34.0 Å². The second kappa shape index (κ2) is 12.4. The highest BCUT2D eigenvalue weighted by atomic mass is 35.5. The van der Waals surface area contributed by atoms with Crippen LogP contribution in [0, 0.1) is 12.7 Å². The summed E-state index contributed by atoms with van der Waals surface area (Å²) in [6, 6.07) is 18.7. The van der Waals surface area contributed by atoms with Crippen LogP contribution in [0.25, 0.3) is 11.4 Å². The molecule has 206 valence electrons. The zero-order valence-electron chi connectivity index (χ0n) is 21.8. The van der Waals surface area contributed by atoms with Crippen molar-refractivity contribution in [3.8, 4) is 11.4 Å². The van der Waals surface area contributed by atoms with Crippen molar-refractivity contribution in [3.63, 3.8) is 0 Å². The van der Waals surface area contributed by atoms with Crippen LogP contribution in [0.5, 0.6) is 0 Å². The molecular formula is C29H28ClFN6O3. The number of para-hydroxylation sites is 1. The summed E-state index contributed by atoms with van der Waals surface area (Å²) >= 11 is 5.98. The molecule has 40 heavy (non-hydrogen) atoms. The maximum atomic E-state index is 14.0. The molecule has 1 aliphatic heterocycles. The van der Waals surface area contributed by atoms with Gasteiger partial charge in [0, 0.05) is 29.4 Å². The van der Waals surface area contributed by atoms with Gasteiger partial charge in [0.2, 0.25) is 11.7 Å². The van der Waals surface area contributed by atoms with Gasteiger partial charge in [-0.25, -0.2) is 4.39 Å². The number of tetrazole rings is 1. The van der Waals surface area contributed by atoms with Crippen LogP contribution in [-0.2, 0) is 20.9 Å². The highest BCUT2D eigenvalue weighted by molar-refractivity contribution is 6.30. The number of benzene rings is 3. The minimum atomic E-state index is -1.09. The van der Waals surface area contributed by atoms with E-state index in [-0.39, 0.29) is 12.6 Å². The number of hydrogen-bond donors (Lipinski definition) is 1. The minimum Gasteiger partial charge on any atom is -0.376 e. The van der Waals surface area contributed by atoms with Crippen LogP contribution in [0.2, 0.25) is 5.02 Å². The zero-order valence-corrected chi connectivity index (χ0v) is 22.6. The van der Waals surface area contributed by atoms with Crippen LogP contribution in [0.15, 0.2) is 72.8 Å². The van der Waals surface area contributed by atoms with Crippen molar-refractivity contribution >= 4 is 29.1 Å². The number of carbonyl (C=O) groups excluding carboxylic acids is 2. The molecule has 0 aliphatic carbocycles. The first kappa shape index (κ1) is 27.4. The molecule has 4 aromatic rings. The highest BCUT2D eigenvalue weighted by Crippen LogP contribution is 2.31. The smallest absolute Gasteiger partial charge is 0.251 e. The first-order valence-corrected chi connectivity index (χ1v) is 13.3. The quantitative estimate of drug-likeness (QED) is 0.322. The summed E-state index contributed by atoms with van der Waals surface area (Å²) in [5.74, 6) is -0.975. The number of halogens is 2. The number of nitrogens with zero attached hydrogens (tertiary/aromatic N) is 5. The summed E-state index contributed by atoms with van der Waals surface area (Å²) in [5.41, 5.74) is 2.46. The van der Waals surface area contributed by atoms with E-state index in [0.717, 1.165) is 18.4 Å². The Bertz CT molecular complexity index is 1470. The molecule has 1 fully saturated rings. The monoisotopic (exact) mass is 562 g/mol. The molecule has 1 aliphatic rings. The normalized spacial score (nSPS) is 15.5. The lowest BCUT2D eigenvalue weighted by Gasteiger charge is -2.32. The molecule has 0 bridgehead atoms. The van der Waals surface area contributed by atoms with Crippen LogP contribution in [0.4, 0.5) is 10.1 Å². The van der Waals surface area contributed by atoms with Gasteiger partial charge in [0.05, 0.1) is 6.10 Å². The average molecular weight is 563 g/mol. The fourth-order valence-electron chi connectivity index (χ4n) is 4.65. The Balaban J connectivity index is 1.48. The van der Waals surface area contributed by atoms with Gasteiger partial charge in [-0.2, -0.15) is 4.80 Å².